The van der Waals surface area contributed by atoms with Crippen LogP contribution in [0.3, 0.4) is 0 Å². The van der Waals surface area contributed by atoms with Crippen molar-refractivity contribution in [1.82, 2.24) is 0 Å². The van der Waals surface area contributed by atoms with E-state index >= 15 is 0 Å². The Hall–Kier alpha value is 1.92. The third kappa shape index (κ3) is 5.86. The Morgan fingerprint density at radius 1 is 0.857 bits per heavy atom. The van der Waals surface area contributed by atoms with Gasteiger partial charge in [0.25, 0.3) is 0 Å². The first kappa shape index (κ1) is 15.9. The maximum absolute atomic E-state index is 3.89. The topological polar surface area (TPSA) is 0 Å². The molecule has 4 heteroatoms. The van der Waals surface area contributed by atoms with Crippen molar-refractivity contribution in [3.8, 4) is 0 Å². The van der Waals surface area contributed by atoms with Crippen LogP contribution < -0.4 is 0 Å². The highest BCUT2D eigenvalue weighted by Crippen LogP contribution is 2.32. The van der Waals surface area contributed by atoms with Crippen molar-refractivity contribution >= 4 is 63.7 Å². The Labute approximate surface area is 121 Å². The van der Waals surface area contributed by atoms with Gasteiger partial charge >= 0.3 is 0 Å². The number of halogens is 4. The first-order chi connectivity index (χ1) is 6.54. The third-order valence-corrected chi connectivity index (χ3v) is 8.60. The van der Waals surface area contributed by atoms with Crippen LogP contribution in [0.5, 0.6) is 0 Å². The average Bonchev–Trinajstić information content (AvgIpc) is 2.22. The van der Waals surface area contributed by atoms with Gasteiger partial charge in [0.2, 0.25) is 0 Å². The van der Waals surface area contributed by atoms with Crippen LogP contribution >= 0.6 is 63.7 Å². The van der Waals surface area contributed by atoms with Gasteiger partial charge in [0, 0.05) is 19.3 Å². The Bertz CT molecular complexity index is 140. The summed E-state index contributed by atoms with van der Waals surface area (Å²) in [5.41, 5.74) is 0. The van der Waals surface area contributed by atoms with Crippen molar-refractivity contribution in [3.05, 3.63) is 13.8 Å². The zero-order valence-corrected chi connectivity index (χ0v) is 14.4. The number of hydrogen-bond donors (Lipinski definition) is 0. The largest absolute Gasteiger partial charge is 0.0878 e. The van der Waals surface area contributed by atoms with Gasteiger partial charge in [-0.1, -0.05) is 90.4 Å². The summed E-state index contributed by atoms with van der Waals surface area (Å²) >= 11 is 14.7. The molecule has 4 unspecified atom stereocenters. The van der Waals surface area contributed by atoms with Gasteiger partial charge in [0.15, 0.2) is 0 Å². The van der Waals surface area contributed by atoms with Crippen LogP contribution in [0, 0.1) is 13.8 Å². The zero-order valence-electron chi connectivity index (χ0n) is 8.06. The number of rotatable bonds is 7. The van der Waals surface area contributed by atoms with Gasteiger partial charge in [-0.15, -0.1) is 0 Å². The van der Waals surface area contributed by atoms with E-state index in [0.717, 1.165) is 25.7 Å². The molecule has 14 heavy (non-hydrogen) atoms. The summed E-state index contributed by atoms with van der Waals surface area (Å²) in [5.74, 6) is 0. The predicted octanol–water partition coefficient (Wildman–Crippen LogP) is 5.27. The lowest BCUT2D eigenvalue weighted by Gasteiger charge is -2.25. The van der Waals surface area contributed by atoms with Crippen molar-refractivity contribution in [2.45, 2.75) is 45.0 Å². The molecule has 2 radical (unpaired) electrons. The second-order valence-corrected chi connectivity index (χ2v) is 7.67. The summed E-state index contributed by atoms with van der Waals surface area (Å²) in [6, 6.07) is 0. The summed E-state index contributed by atoms with van der Waals surface area (Å²) in [5, 5.41) is 0. The van der Waals surface area contributed by atoms with E-state index in [4.69, 9.17) is 0 Å². The molecule has 0 aromatic heterocycles. The lowest BCUT2D eigenvalue weighted by Crippen LogP contribution is -2.30. The molecule has 0 spiro atoms. The normalized spacial score (nSPS) is 20.1. The molecule has 0 aromatic rings. The van der Waals surface area contributed by atoms with Gasteiger partial charge in [-0.2, -0.15) is 0 Å². The molecule has 0 nitrogen and oxygen atoms in total. The van der Waals surface area contributed by atoms with Crippen molar-refractivity contribution in [3.63, 3.8) is 0 Å². The van der Waals surface area contributed by atoms with Gasteiger partial charge in [0.1, 0.15) is 0 Å². The molecule has 84 valence electrons. The quantitative estimate of drug-likeness (QED) is 0.459. The van der Waals surface area contributed by atoms with Crippen LogP contribution in [0.1, 0.15) is 25.7 Å². The Kier molecular flexibility index (Phi) is 10.2. The van der Waals surface area contributed by atoms with Crippen LogP contribution in [0.25, 0.3) is 0 Å². The molecular weight excluding hydrogens is 440 g/mol. The third-order valence-electron chi connectivity index (χ3n) is 2.00. The lowest BCUT2D eigenvalue weighted by molar-refractivity contribution is 0.662. The van der Waals surface area contributed by atoms with Gasteiger partial charge in [-0.3, -0.25) is 0 Å². The zero-order chi connectivity index (χ0) is 11.1. The first-order valence-corrected chi connectivity index (χ1v) is 8.35. The summed E-state index contributed by atoms with van der Waals surface area (Å²) in [6.07, 6.45) is 4.20. The highest BCUT2D eigenvalue weighted by atomic mass is 79.9. The van der Waals surface area contributed by atoms with Crippen LogP contribution in [-0.4, -0.2) is 19.3 Å². The molecular formula is C10H16Br4. The lowest BCUT2D eigenvalue weighted by atomic mass is 10.1. The maximum atomic E-state index is 3.89. The molecule has 0 bridgehead atoms. The second kappa shape index (κ2) is 9.00. The van der Waals surface area contributed by atoms with E-state index in [9.17, 15) is 0 Å². The summed E-state index contributed by atoms with van der Waals surface area (Å²) < 4.78 is 0. The van der Waals surface area contributed by atoms with Gasteiger partial charge < -0.3 is 0 Å². The molecule has 0 N–H and O–H groups in total. The van der Waals surface area contributed by atoms with Gasteiger partial charge in [-0.25, -0.2) is 0 Å². The number of alkyl halides is 4. The van der Waals surface area contributed by atoms with E-state index < -0.39 is 0 Å². The van der Waals surface area contributed by atoms with E-state index in [0.29, 0.717) is 19.3 Å². The van der Waals surface area contributed by atoms with Crippen LogP contribution in [0.4, 0.5) is 0 Å². The Morgan fingerprint density at radius 3 is 1.79 bits per heavy atom. The van der Waals surface area contributed by atoms with E-state index in [2.05, 4.69) is 77.6 Å². The van der Waals surface area contributed by atoms with Crippen molar-refractivity contribution in [2.75, 3.05) is 0 Å². The molecule has 0 saturated carbocycles. The number of hydrogen-bond acceptors (Lipinski definition) is 0. The molecule has 0 aliphatic carbocycles. The molecule has 0 aromatic carbocycles. The molecule has 4 atom stereocenters. The number of unbranched alkanes of at least 4 members (excludes halogenated alkanes) is 1. The minimum Gasteiger partial charge on any atom is -0.0878 e. The summed E-state index contributed by atoms with van der Waals surface area (Å²) in [6.45, 7) is 7.73. The summed E-state index contributed by atoms with van der Waals surface area (Å²) in [7, 11) is 0. The fraction of sp³-hybridized carbons (Fsp3) is 0.800. The highest BCUT2D eigenvalue weighted by molar-refractivity contribution is 9.14. The smallest absolute Gasteiger partial charge is 0.0407 e. The van der Waals surface area contributed by atoms with Gasteiger partial charge in [-0.05, 0) is 12.8 Å². The van der Waals surface area contributed by atoms with Crippen LogP contribution in [0.2, 0.25) is 0 Å². The van der Waals surface area contributed by atoms with Crippen molar-refractivity contribution in [1.29, 1.82) is 0 Å². The highest BCUT2D eigenvalue weighted by Gasteiger charge is 2.27. The fourth-order valence-electron chi connectivity index (χ4n) is 1.06. The monoisotopic (exact) mass is 452 g/mol. The standard InChI is InChI=1S/C10H16Br4/c1-3-5-6-8(12)10(14)9(13)7(11)4-2/h7-10H,1-6H2. The molecule has 0 rings (SSSR count). The molecule has 0 fully saturated rings. The fourth-order valence-corrected chi connectivity index (χ4v) is 4.12. The Morgan fingerprint density at radius 2 is 1.36 bits per heavy atom. The maximum Gasteiger partial charge on any atom is 0.0407 e. The minimum atomic E-state index is 0.397. The van der Waals surface area contributed by atoms with E-state index in [-0.39, 0.29) is 0 Å². The van der Waals surface area contributed by atoms with E-state index in [1.165, 1.54) is 0 Å². The molecule has 0 heterocycles. The van der Waals surface area contributed by atoms with Crippen LogP contribution in [0.15, 0.2) is 0 Å². The van der Waals surface area contributed by atoms with E-state index in [1.807, 2.05) is 0 Å². The van der Waals surface area contributed by atoms with E-state index in [1.54, 1.807) is 0 Å². The van der Waals surface area contributed by atoms with Gasteiger partial charge in [0.05, 0.1) is 0 Å². The summed E-state index contributed by atoms with van der Waals surface area (Å²) in [4.78, 5) is 1.71. The molecule has 0 amide bonds. The average molecular weight is 456 g/mol. The SMILES string of the molecule is [CH2]CCCC(Br)C(Br)C(Br)C(Br)C[CH2]. The molecule has 0 aliphatic rings. The predicted molar refractivity (Wildman–Crippen MR) is 80.0 cm³/mol. The van der Waals surface area contributed by atoms with Crippen LogP contribution in [-0.2, 0) is 0 Å². The second-order valence-electron chi connectivity index (χ2n) is 3.21. The van der Waals surface area contributed by atoms with Crippen molar-refractivity contribution < 1.29 is 0 Å². The minimum absolute atomic E-state index is 0.397. The van der Waals surface area contributed by atoms with Crippen molar-refractivity contribution in [2.24, 2.45) is 0 Å². The molecule has 0 aliphatic heterocycles. The molecule has 0 saturated heterocycles. The first-order valence-electron chi connectivity index (χ1n) is 4.69. The Balaban J connectivity index is 3.95.